The Balaban J connectivity index is 1.73. The summed E-state index contributed by atoms with van der Waals surface area (Å²) in [5, 5.41) is 1.06. The standard InChI is InChI=1S/C22H31Cl2NO3S/c1-2-3-4-16-5-7-17(8-6-16)22(26)25(20-11-12-29(27,28)15-20)14-18-9-10-19(23)13-21(18)24/h9-10,13,16-17,20H,2-8,11-12,14-15H2,1H3/t16?,17?,20-/m0/s1. The molecule has 29 heavy (non-hydrogen) atoms. The molecule has 1 aliphatic heterocycles. The number of benzene rings is 1. The molecular weight excluding hydrogens is 429 g/mol. The molecule has 0 radical (unpaired) electrons. The van der Waals surface area contributed by atoms with Crippen molar-refractivity contribution in [3.05, 3.63) is 33.8 Å². The van der Waals surface area contributed by atoms with Crippen molar-refractivity contribution in [3.63, 3.8) is 0 Å². The molecule has 0 aromatic heterocycles. The lowest BCUT2D eigenvalue weighted by molar-refractivity contribution is -0.139. The summed E-state index contributed by atoms with van der Waals surface area (Å²) in [4.78, 5) is 15.2. The predicted octanol–water partition coefficient (Wildman–Crippen LogP) is 5.51. The predicted molar refractivity (Wildman–Crippen MR) is 119 cm³/mol. The van der Waals surface area contributed by atoms with E-state index in [1.165, 1.54) is 19.3 Å². The van der Waals surface area contributed by atoms with E-state index in [0.29, 0.717) is 23.0 Å². The normalized spacial score (nSPS) is 26.4. The maximum Gasteiger partial charge on any atom is 0.226 e. The lowest BCUT2D eigenvalue weighted by Crippen LogP contribution is -2.44. The van der Waals surface area contributed by atoms with Crippen LogP contribution in [0.25, 0.3) is 0 Å². The molecule has 0 unspecified atom stereocenters. The lowest BCUT2D eigenvalue weighted by Gasteiger charge is -2.35. The van der Waals surface area contributed by atoms with Crippen LogP contribution in [0.4, 0.5) is 0 Å². The molecule has 0 N–H and O–H groups in total. The van der Waals surface area contributed by atoms with Gasteiger partial charge in [-0.3, -0.25) is 4.79 Å². The van der Waals surface area contributed by atoms with Crippen molar-refractivity contribution in [1.29, 1.82) is 0 Å². The molecule has 0 bridgehead atoms. The van der Waals surface area contributed by atoms with Crippen LogP contribution in [0.15, 0.2) is 18.2 Å². The second-order valence-electron chi connectivity index (χ2n) is 8.62. The topological polar surface area (TPSA) is 54.5 Å². The Morgan fingerprint density at radius 2 is 1.86 bits per heavy atom. The van der Waals surface area contributed by atoms with Crippen molar-refractivity contribution in [2.45, 2.75) is 70.9 Å². The quantitative estimate of drug-likeness (QED) is 0.540. The van der Waals surface area contributed by atoms with Crippen LogP contribution in [0.5, 0.6) is 0 Å². The Morgan fingerprint density at radius 1 is 1.14 bits per heavy atom. The van der Waals surface area contributed by atoms with Crippen molar-refractivity contribution in [3.8, 4) is 0 Å². The minimum atomic E-state index is -3.08. The zero-order valence-electron chi connectivity index (χ0n) is 17.1. The first kappa shape index (κ1) is 22.9. The van der Waals surface area contributed by atoms with Crippen LogP contribution in [0, 0.1) is 11.8 Å². The van der Waals surface area contributed by atoms with Crippen LogP contribution >= 0.6 is 23.2 Å². The average Bonchev–Trinajstić information content (AvgIpc) is 3.05. The van der Waals surface area contributed by atoms with Gasteiger partial charge in [0.2, 0.25) is 5.91 Å². The molecule has 1 aromatic rings. The fraction of sp³-hybridized carbons (Fsp3) is 0.682. The van der Waals surface area contributed by atoms with E-state index >= 15 is 0 Å². The Labute approximate surface area is 184 Å². The van der Waals surface area contributed by atoms with Gasteiger partial charge < -0.3 is 4.90 Å². The minimum Gasteiger partial charge on any atom is -0.334 e. The monoisotopic (exact) mass is 459 g/mol. The maximum atomic E-state index is 13.5. The minimum absolute atomic E-state index is 0.0118. The summed E-state index contributed by atoms with van der Waals surface area (Å²) in [6, 6.07) is 4.99. The molecule has 3 rings (SSSR count). The summed E-state index contributed by atoms with van der Waals surface area (Å²) in [5.74, 6) is 1.01. The van der Waals surface area contributed by atoms with E-state index in [9.17, 15) is 13.2 Å². The number of hydrogen-bond donors (Lipinski definition) is 0. The first-order valence-electron chi connectivity index (χ1n) is 10.7. The van der Waals surface area contributed by atoms with Gasteiger partial charge in [-0.05, 0) is 55.7 Å². The van der Waals surface area contributed by atoms with Crippen LogP contribution in [0.1, 0.15) is 63.9 Å². The van der Waals surface area contributed by atoms with Gasteiger partial charge in [0.25, 0.3) is 0 Å². The molecular formula is C22H31Cl2NO3S. The SMILES string of the molecule is CCCCC1CCC(C(=O)N(Cc2ccc(Cl)cc2Cl)[C@H]2CCS(=O)(=O)C2)CC1. The second-order valence-corrected chi connectivity index (χ2v) is 11.7. The Morgan fingerprint density at radius 3 is 2.45 bits per heavy atom. The van der Waals surface area contributed by atoms with E-state index < -0.39 is 9.84 Å². The van der Waals surface area contributed by atoms with E-state index in [1.54, 1.807) is 17.0 Å². The third-order valence-electron chi connectivity index (χ3n) is 6.45. The molecule has 162 valence electrons. The van der Waals surface area contributed by atoms with E-state index in [2.05, 4.69) is 6.92 Å². The van der Waals surface area contributed by atoms with Crippen LogP contribution < -0.4 is 0 Å². The molecule has 2 aliphatic rings. The van der Waals surface area contributed by atoms with Crippen LogP contribution in [0.2, 0.25) is 10.0 Å². The highest BCUT2D eigenvalue weighted by atomic mass is 35.5. The highest BCUT2D eigenvalue weighted by Gasteiger charge is 2.38. The highest BCUT2D eigenvalue weighted by Crippen LogP contribution is 2.35. The van der Waals surface area contributed by atoms with Crippen molar-refractivity contribution >= 4 is 38.9 Å². The number of nitrogens with zero attached hydrogens (tertiary/aromatic N) is 1. The first-order chi connectivity index (χ1) is 13.8. The molecule has 7 heteroatoms. The van der Waals surface area contributed by atoms with Gasteiger partial charge in [0, 0.05) is 28.5 Å². The average molecular weight is 460 g/mol. The summed E-state index contributed by atoms with van der Waals surface area (Å²) in [7, 11) is -3.08. The largest absolute Gasteiger partial charge is 0.334 e. The van der Waals surface area contributed by atoms with Crippen LogP contribution in [-0.4, -0.2) is 36.8 Å². The van der Waals surface area contributed by atoms with E-state index in [1.807, 2.05) is 6.07 Å². The van der Waals surface area contributed by atoms with Crippen LogP contribution in [0.3, 0.4) is 0 Å². The van der Waals surface area contributed by atoms with E-state index in [4.69, 9.17) is 23.2 Å². The molecule has 1 atom stereocenters. The first-order valence-corrected chi connectivity index (χ1v) is 13.3. The number of sulfone groups is 1. The van der Waals surface area contributed by atoms with Crippen molar-refractivity contribution < 1.29 is 13.2 Å². The third kappa shape index (κ3) is 6.11. The van der Waals surface area contributed by atoms with Gasteiger partial charge in [-0.15, -0.1) is 0 Å². The van der Waals surface area contributed by atoms with E-state index in [0.717, 1.165) is 37.2 Å². The molecule has 1 aliphatic carbocycles. The highest BCUT2D eigenvalue weighted by molar-refractivity contribution is 7.91. The second kappa shape index (κ2) is 10.0. The number of hydrogen-bond acceptors (Lipinski definition) is 3. The maximum absolute atomic E-state index is 13.5. The third-order valence-corrected chi connectivity index (χ3v) is 8.79. The smallest absolute Gasteiger partial charge is 0.226 e. The summed E-state index contributed by atoms with van der Waals surface area (Å²) in [6.45, 7) is 2.55. The fourth-order valence-corrected chi connectivity index (χ4v) is 6.87. The lowest BCUT2D eigenvalue weighted by atomic mass is 9.79. The molecule has 1 heterocycles. The van der Waals surface area contributed by atoms with E-state index in [-0.39, 0.29) is 29.4 Å². The molecule has 2 fully saturated rings. The molecule has 1 aromatic carbocycles. The summed E-state index contributed by atoms with van der Waals surface area (Å²) < 4.78 is 24.1. The van der Waals surface area contributed by atoms with Gasteiger partial charge in [-0.25, -0.2) is 8.42 Å². The van der Waals surface area contributed by atoms with Crippen molar-refractivity contribution in [1.82, 2.24) is 4.90 Å². The van der Waals surface area contributed by atoms with Gasteiger partial charge in [-0.1, -0.05) is 55.5 Å². The molecule has 4 nitrogen and oxygen atoms in total. The zero-order valence-corrected chi connectivity index (χ0v) is 19.4. The van der Waals surface area contributed by atoms with Crippen LogP contribution in [-0.2, 0) is 21.2 Å². The number of rotatable bonds is 7. The number of amides is 1. The van der Waals surface area contributed by atoms with Gasteiger partial charge in [0.05, 0.1) is 11.5 Å². The van der Waals surface area contributed by atoms with Gasteiger partial charge in [0.1, 0.15) is 0 Å². The Kier molecular flexibility index (Phi) is 7.91. The van der Waals surface area contributed by atoms with Gasteiger partial charge >= 0.3 is 0 Å². The summed E-state index contributed by atoms with van der Waals surface area (Å²) in [5.41, 5.74) is 0.811. The summed E-state index contributed by atoms with van der Waals surface area (Å²) in [6.07, 6.45) is 8.21. The number of carbonyl (C=O) groups excluding carboxylic acids is 1. The van der Waals surface area contributed by atoms with Crippen molar-refractivity contribution in [2.75, 3.05) is 11.5 Å². The fourth-order valence-electron chi connectivity index (χ4n) is 4.67. The van der Waals surface area contributed by atoms with Gasteiger partial charge in [-0.2, -0.15) is 0 Å². The van der Waals surface area contributed by atoms with Gasteiger partial charge in [0.15, 0.2) is 9.84 Å². The Bertz CT molecular complexity index is 819. The zero-order chi connectivity index (χ0) is 21.0. The van der Waals surface area contributed by atoms with Crippen molar-refractivity contribution in [2.24, 2.45) is 11.8 Å². The molecule has 1 saturated heterocycles. The molecule has 1 saturated carbocycles. The molecule has 0 spiro atoms. The summed E-state index contributed by atoms with van der Waals surface area (Å²) >= 11 is 12.4. The number of unbranched alkanes of at least 4 members (excludes halogenated alkanes) is 1. The molecule has 1 amide bonds. The Hall–Kier alpha value is -0.780. The number of halogens is 2. The number of carbonyl (C=O) groups is 1.